The van der Waals surface area contributed by atoms with Gasteiger partial charge >= 0.3 is 0 Å². The predicted octanol–water partition coefficient (Wildman–Crippen LogP) is 1.47. The largest absolute Gasteiger partial charge is 0.300 e. The number of hydrogen-bond acceptors (Lipinski definition) is 7. The molecule has 108 valence electrons. The van der Waals surface area contributed by atoms with Crippen LogP contribution in [0.1, 0.15) is 18.8 Å². The van der Waals surface area contributed by atoms with E-state index in [2.05, 4.69) is 19.9 Å². The molecule has 0 aliphatic rings. The molecule has 9 nitrogen and oxygen atoms in total. The highest BCUT2D eigenvalue weighted by Crippen LogP contribution is 2.36. The van der Waals surface area contributed by atoms with Crippen molar-refractivity contribution in [1.82, 2.24) is 19.9 Å². The molecule has 0 fully saturated rings. The normalized spacial score (nSPS) is 13.3. The Morgan fingerprint density at radius 3 is 2.80 bits per heavy atom. The summed E-state index contributed by atoms with van der Waals surface area (Å²) >= 11 is 6.25. The number of rotatable bonds is 5. The van der Waals surface area contributed by atoms with Crippen molar-refractivity contribution in [3.05, 3.63) is 32.7 Å². The predicted molar refractivity (Wildman–Crippen MR) is 71.1 cm³/mol. The van der Waals surface area contributed by atoms with Crippen molar-refractivity contribution in [2.45, 2.75) is 17.2 Å². The molecule has 2 aromatic heterocycles. The molecule has 2 aromatic rings. The van der Waals surface area contributed by atoms with Gasteiger partial charge in [0.2, 0.25) is 0 Å². The summed E-state index contributed by atoms with van der Waals surface area (Å²) in [4.78, 5) is 13.7. The summed E-state index contributed by atoms with van der Waals surface area (Å²) in [5.41, 5.74) is -0.440. The number of aromatic amines is 1. The number of nitrogens with zero attached hydrogens (tertiary/aromatic N) is 3. The Bertz CT molecular complexity index is 726. The van der Waals surface area contributed by atoms with Gasteiger partial charge in [-0.15, -0.1) is 11.3 Å². The molecule has 0 spiro atoms. The zero-order valence-electron chi connectivity index (χ0n) is 9.90. The van der Waals surface area contributed by atoms with Crippen LogP contribution in [-0.4, -0.2) is 28.5 Å². The molecule has 2 heterocycles. The van der Waals surface area contributed by atoms with Crippen LogP contribution in [0.4, 0.5) is 5.69 Å². The lowest BCUT2D eigenvalue weighted by molar-refractivity contribution is -0.384. The van der Waals surface area contributed by atoms with E-state index in [1.165, 1.54) is 6.33 Å². The molecule has 20 heavy (non-hydrogen) atoms. The number of H-pyrrole nitrogens is 1. The fourth-order valence-electron chi connectivity index (χ4n) is 1.37. The Morgan fingerprint density at radius 1 is 1.60 bits per heavy atom. The highest BCUT2D eigenvalue weighted by molar-refractivity contribution is 7.91. The molecule has 0 saturated carbocycles. The van der Waals surface area contributed by atoms with E-state index in [-0.39, 0.29) is 8.55 Å². The number of thiophene rings is 1. The molecule has 2 N–H and O–H groups in total. The molecule has 0 saturated heterocycles. The quantitative estimate of drug-likeness (QED) is 0.627. The van der Waals surface area contributed by atoms with Gasteiger partial charge in [0.1, 0.15) is 16.4 Å². The van der Waals surface area contributed by atoms with E-state index < -0.39 is 26.7 Å². The fraction of sp³-hybridized carbons (Fsp3) is 0.250. The van der Waals surface area contributed by atoms with E-state index in [4.69, 9.17) is 11.6 Å². The van der Waals surface area contributed by atoms with Crippen molar-refractivity contribution in [3.8, 4) is 0 Å². The van der Waals surface area contributed by atoms with Crippen molar-refractivity contribution in [3.63, 3.8) is 0 Å². The average molecular weight is 338 g/mol. The molecule has 12 heteroatoms. The molecule has 0 aliphatic heterocycles. The smallest absolute Gasteiger partial charge is 0.262 e. The molecule has 0 aliphatic carbocycles. The Balaban J connectivity index is 2.27. The van der Waals surface area contributed by atoms with E-state index in [1.54, 1.807) is 6.92 Å². The maximum atomic E-state index is 12.1. The average Bonchev–Trinajstić information content (AvgIpc) is 2.96. The second kappa shape index (κ2) is 5.44. The molecule has 1 unspecified atom stereocenters. The number of halogens is 1. The van der Waals surface area contributed by atoms with Crippen LogP contribution in [0.25, 0.3) is 0 Å². The van der Waals surface area contributed by atoms with Gasteiger partial charge in [-0.3, -0.25) is 15.2 Å². The van der Waals surface area contributed by atoms with Gasteiger partial charge in [-0.25, -0.2) is 18.1 Å². The summed E-state index contributed by atoms with van der Waals surface area (Å²) in [6.07, 6.45) is 1.24. The fourth-order valence-corrected chi connectivity index (χ4v) is 4.25. The number of nitrogens with one attached hydrogen (secondary N) is 2. The second-order valence-corrected chi connectivity index (χ2v) is 7.29. The lowest BCUT2D eigenvalue weighted by Gasteiger charge is -2.09. The van der Waals surface area contributed by atoms with Gasteiger partial charge in [0.25, 0.3) is 15.7 Å². The summed E-state index contributed by atoms with van der Waals surface area (Å²) in [5, 5.41) is 16.8. The maximum Gasteiger partial charge on any atom is 0.300 e. The highest BCUT2D eigenvalue weighted by atomic mass is 35.5. The third-order valence-corrected chi connectivity index (χ3v) is 5.64. The lowest BCUT2D eigenvalue weighted by atomic mass is 10.3. The number of hydrogen-bond donors (Lipinski definition) is 2. The van der Waals surface area contributed by atoms with Crippen LogP contribution in [0.2, 0.25) is 4.34 Å². The van der Waals surface area contributed by atoms with Crippen molar-refractivity contribution in [1.29, 1.82) is 0 Å². The lowest BCUT2D eigenvalue weighted by Crippen LogP contribution is -2.27. The van der Waals surface area contributed by atoms with Gasteiger partial charge < -0.3 is 0 Å². The van der Waals surface area contributed by atoms with E-state index in [0.717, 1.165) is 6.07 Å². The third-order valence-electron chi connectivity index (χ3n) is 2.28. The second-order valence-electron chi connectivity index (χ2n) is 3.70. The Hall–Kier alpha value is -1.56. The Labute approximate surface area is 122 Å². The van der Waals surface area contributed by atoms with Crippen LogP contribution >= 0.6 is 22.9 Å². The van der Waals surface area contributed by atoms with Gasteiger partial charge in [-0.2, -0.15) is 5.10 Å². The van der Waals surface area contributed by atoms with Gasteiger partial charge in [-0.05, 0) is 6.92 Å². The zero-order chi connectivity index (χ0) is 14.9. The first kappa shape index (κ1) is 14.8. The monoisotopic (exact) mass is 337 g/mol. The Kier molecular flexibility index (Phi) is 4.04. The van der Waals surface area contributed by atoms with Crippen LogP contribution in [0.5, 0.6) is 0 Å². The highest BCUT2D eigenvalue weighted by Gasteiger charge is 2.27. The molecular weight excluding hydrogens is 330 g/mol. The van der Waals surface area contributed by atoms with Crippen LogP contribution in [0.15, 0.2) is 16.6 Å². The van der Waals surface area contributed by atoms with Crippen molar-refractivity contribution in [2.24, 2.45) is 0 Å². The summed E-state index contributed by atoms with van der Waals surface area (Å²) < 4.78 is 26.1. The first-order valence-corrected chi connectivity index (χ1v) is 7.80. The SMILES string of the molecule is CC(NS(=O)(=O)c1cc([N+](=O)[O-])c(Cl)s1)c1ncn[nH]1. The first-order chi connectivity index (χ1) is 9.31. The minimum atomic E-state index is -3.93. The van der Waals surface area contributed by atoms with Crippen molar-refractivity contribution in [2.75, 3.05) is 0 Å². The Morgan fingerprint density at radius 2 is 2.30 bits per heavy atom. The summed E-state index contributed by atoms with van der Waals surface area (Å²) in [6, 6.07) is 0.255. The number of nitro groups is 1. The standard InChI is InChI=1S/C8H8ClN5O4S2/c1-4(8-10-3-11-12-8)13-20(17,18)6-2-5(14(15)16)7(9)19-6/h2-4,13H,1H3,(H,10,11,12). The number of aromatic nitrogens is 3. The van der Waals surface area contributed by atoms with Crippen molar-refractivity contribution < 1.29 is 13.3 Å². The van der Waals surface area contributed by atoms with E-state index in [1.807, 2.05) is 0 Å². The zero-order valence-corrected chi connectivity index (χ0v) is 12.3. The minimum Gasteiger partial charge on any atom is -0.262 e. The molecule has 2 rings (SSSR count). The molecule has 0 radical (unpaired) electrons. The topological polar surface area (TPSA) is 131 Å². The maximum absolute atomic E-state index is 12.1. The molecule has 0 bridgehead atoms. The molecule has 1 atom stereocenters. The molecule has 0 amide bonds. The van der Waals surface area contributed by atoms with E-state index in [9.17, 15) is 18.5 Å². The van der Waals surface area contributed by atoms with Crippen LogP contribution < -0.4 is 4.72 Å². The number of sulfonamides is 1. The van der Waals surface area contributed by atoms with Crippen LogP contribution in [0.3, 0.4) is 0 Å². The summed E-state index contributed by atoms with van der Waals surface area (Å²) in [7, 11) is -3.93. The van der Waals surface area contributed by atoms with Crippen LogP contribution in [-0.2, 0) is 10.0 Å². The van der Waals surface area contributed by atoms with E-state index in [0.29, 0.717) is 17.2 Å². The summed E-state index contributed by atoms with van der Waals surface area (Å²) in [6.45, 7) is 1.56. The molecular formula is C8H8ClN5O4S2. The minimum absolute atomic E-state index is 0.192. The van der Waals surface area contributed by atoms with E-state index >= 15 is 0 Å². The first-order valence-electron chi connectivity index (χ1n) is 5.12. The summed E-state index contributed by atoms with van der Waals surface area (Å²) in [5.74, 6) is 0.325. The van der Waals surface area contributed by atoms with Gasteiger partial charge in [0.15, 0.2) is 4.34 Å². The van der Waals surface area contributed by atoms with Gasteiger partial charge in [0, 0.05) is 6.07 Å². The van der Waals surface area contributed by atoms with Crippen molar-refractivity contribution >= 4 is 38.6 Å². The van der Waals surface area contributed by atoms with Gasteiger partial charge in [0.05, 0.1) is 11.0 Å². The van der Waals surface area contributed by atoms with Crippen LogP contribution in [0, 0.1) is 10.1 Å². The molecule has 0 aromatic carbocycles. The third kappa shape index (κ3) is 2.95. The van der Waals surface area contributed by atoms with Gasteiger partial charge in [-0.1, -0.05) is 11.6 Å².